The summed E-state index contributed by atoms with van der Waals surface area (Å²) >= 11 is 9.59. The first-order valence-corrected chi connectivity index (χ1v) is 8.31. The number of nitrogens with two attached hydrogens (primary N) is 1. The second-order valence-corrected chi connectivity index (χ2v) is 7.05. The van der Waals surface area contributed by atoms with E-state index < -0.39 is 0 Å². The lowest BCUT2D eigenvalue weighted by atomic mass is 9.79. The van der Waals surface area contributed by atoms with Crippen molar-refractivity contribution in [3.8, 4) is 0 Å². The Bertz CT molecular complexity index is 580. The zero-order valence-electron chi connectivity index (χ0n) is 12.0. The van der Waals surface area contributed by atoms with Gasteiger partial charge in [0.15, 0.2) is 5.96 Å². The summed E-state index contributed by atoms with van der Waals surface area (Å²) in [6, 6.07) is 5.89. The smallest absolute Gasteiger partial charge is 0.196 e. The van der Waals surface area contributed by atoms with E-state index in [1.165, 1.54) is 0 Å². The van der Waals surface area contributed by atoms with E-state index in [1.54, 1.807) is 7.11 Å². The van der Waals surface area contributed by atoms with Crippen molar-refractivity contribution >= 4 is 39.2 Å². The highest BCUT2D eigenvalue weighted by molar-refractivity contribution is 9.10. The molecule has 0 aromatic heterocycles. The van der Waals surface area contributed by atoms with Gasteiger partial charge in [-0.05, 0) is 59.8 Å². The van der Waals surface area contributed by atoms with Crippen LogP contribution < -0.4 is 10.6 Å². The van der Waals surface area contributed by atoms with E-state index in [2.05, 4.69) is 25.8 Å². The van der Waals surface area contributed by atoms with Crippen molar-refractivity contribution in [2.75, 3.05) is 18.6 Å². The van der Waals surface area contributed by atoms with Gasteiger partial charge in [0.2, 0.25) is 0 Å². The normalized spacial score (nSPS) is 29.0. The van der Waals surface area contributed by atoms with Crippen LogP contribution in [0.5, 0.6) is 0 Å². The summed E-state index contributed by atoms with van der Waals surface area (Å²) in [5.74, 6) is 0.584. The second-order valence-electron chi connectivity index (χ2n) is 5.79. The van der Waals surface area contributed by atoms with E-state index in [1.807, 2.05) is 18.2 Å². The summed E-state index contributed by atoms with van der Waals surface area (Å²) in [5, 5.41) is 0.695. The van der Waals surface area contributed by atoms with Gasteiger partial charge in [-0.1, -0.05) is 11.6 Å². The van der Waals surface area contributed by atoms with Crippen LogP contribution in [0.2, 0.25) is 5.02 Å². The average Bonchev–Trinajstić information content (AvgIpc) is 2.78. The van der Waals surface area contributed by atoms with Crippen LogP contribution in [0.15, 0.2) is 27.7 Å². The molecule has 1 aromatic carbocycles. The molecule has 1 saturated carbocycles. The topological polar surface area (TPSA) is 50.9 Å². The maximum absolute atomic E-state index is 6.18. The highest BCUT2D eigenvalue weighted by Crippen LogP contribution is 2.41. The van der Waals surface area contributed by atoms with E-state index in [4.69, 9.17) is 22.1 Å². The number of hydrogen-bond donors (Lipinski definition) is 1. The molecule has 1 heterocycles. The van der Waals surface area contributed by atoms with Gasteiger partial charge >= 0.3 is 0 Å². The average molecular weight is 373 g/mol. The quantitative estimate of drug-likeness (QED) is 0.863. The minimum Gasteiger partial charge on any atom is -0.381 e. The molecular formula is C15H19BrClN3O. The molecule has 1 aliphatic heterocycles. The number of aliphatic imine (C=N–C) groups is 1. The Morgan fingerprint density at radius 1 is 1.52 bits per heavy atom. The van der Waals surface area contributed by atoms with E-state index in [0.29, 0.717) is 11.0 Å². The molecule has 2 atom stereocenters. The van der Waals surface area contributed by atoms with Gasteiger partial charge in [-0.3, -0.25) is 4.99 Å². The fourth-order valence-corrected chi connectivity index (χ4v) is 3.96. The highest BCUT2D eigenvalue weighted by atomic mass is 79.9. The summed E-state index contributed by atoms with van der Waals surface area (Å²) in [4.78, 5) is 6.67. The number of methoxy groups -OCH3 is 1. The number of ether oxygens (including phenoxy) is 1. The zero-order chi connectivity index (χ0) is 15.0. The fourth-order valence-electron chi connectivity index (χ4n) is 3.48. The molecule has 6 heteroatoms. The molecule has 4 nitrogen and oxygen atoms in total. The number of guanidine groups is 1. The Kier molecular flexibility index (Phi) is 4.17. The maximum atomic E-state index is 6.18. The monoisotopic (exact) mass is 371 g/mol. The van der Waals surface area contributed by atoms with E-state index in [9.17, 15) is 0 Å². The number of rotatable bonds is 2. The van der Waals surface area contributed by atoms with Crippen LogP contribution in [0.25, 0.3) is 0 Å². The second kappa shape index (κ2) is 5.78. The van der Waals surface area contributed by atoms with Crippen molar-refractivity contribution in [1.29, 1.82) is 0 Å². The van der Waals surface area contributed by atoms with Gasteiger partial charge in [-0.15, -0.1) is 0 Å². The van der Waals surface area contributed by atoms with Gasteiger partial charge in [0.1, 0.15) is 0 Å². The molecule has 1 aromatic rings. The first-order chi connectivity index (χ1) is 10.1. The van der Waals surface area contributed by atoms with E-state index in [-0.39, 0.29) is 11.6 Å². The third-order valence-corrected chi connectivity index (χ3v) is 5.72. The van der Waals surface area contributed by atoms with Crippen LogP contribution in [0, 0.1) is 0 Å². The molecule has 1 fully saturated rings. The number of nitrogens with zero attached hydrogens (tertiary/aromatic N) is 2. The number of benzene rings is 1. The number of halogens is 2. The SMILES string of the molecule is COC1CCCC2(CN=C(N)N2c2ccc(Cl)c(Br)c2)C1. The molecule has 1 spiro atoms. The van der Waals surface area contributed by atoms with Crippen LogP contribution in [0.3, 0.4) is 0 Å². The largest absolute Gasteiger partial charge is 0.381 e. The van der Waals surface area contributed by atoms with E-state index in [0.717, 1.165) is 42.4 Å². The molecule has 0 saturated heterocycles. The van der Waals surface area contributed by atoms with Crippen molar-refractivity contribution in [3.05, 3.63) is 27.7 Å². The van der Waals surface area contributed by atoms with Crippen LogP contribution >= 0.6 is 27.5 Å². The van der Waals surface area contributed by atoms with E-state index >= 15 is 0 Å². The van der Waals surface area contributed by atoms with Crippen LogP contribution in [-0.4, -0.2) is 31.3 Å². The van der Waals surface area contributed by atoms with Crippen molar-refractivity contribution in [2.24, 2.45) is 10.7 Å². The molecular weight excluding hydrogens is 354 g/mol. The van der Waals surface area contributed by atoms with Gasteiger partial charge < -0.3 is 15.4 Å². The lowest BCUT2D eigenvalue weighted by molar-refractivity contribution is 0.0459. The molecule has 1 aliphatic carbocycles. The van der Waals surface area contributed by atoms with Crippen LogP contribution in [0.4, 0.5) is 5.69 Å². The van der Waals surface area contributed by atoms with Crippen molar-refractivity contribution in [1.82, 2.24) is 0 Å². The Morgan fingerprint density at radius 3 is 3.05 bits per heavy atom. The van der Waals surface area contributed by atoms with Gasteiger partial charge in [0.05, 0.1) is 23.2 Å². The molecule has 0 amide bonds. The Labute approximate surface area is 138 Å². The molecule has 21 heavy (non-hydrogen) atoms. The van der Waals surface area contributed by atoms with Gasteiger partial charge in [0.25, 0.3) is 0 Å². The third kappa shape index (κ3) is 2.67. The maximum Gasteiger partial charge on any atom is 0.196 e. The minimum absolute atomic E-state index is 0.0592. The molecule has 2 N–H and O–H groups in total. The summed E-state index contributed by atoms with van der Waals surface area (Å²) in [7, 11) is 1.78. The van der Waals surface area contributed by atoms with Gasteiger partial charge in [0, 0.05) is 17.3 Å². The Hall–Kier alpha value is -0.780. The fraction of sp³-hybridized carbons (Fsp3) is 0.533. The van der Waals surface area contributed by atoms with Crippen molar-refractivity contribution < 1.29 is 4.74 Å². The summed E-state index contributed by atoms with van der Waals surface area (Å²) in [6.07, 6.45) is 4.55. The standard InChI is InChI=1S/C15H19BrClN3O/c1-21-11-3-2-6-15(8-11)9-19-14(18)20(15)10-4-5-13(17)12(16)7-10/h4-5,7,11H,2-3,6,8-9H2,1H3,(H2,18,19). The van der Waals surface area contributed by atoms with Gasteiger partial charge in [-0.25, -0.2) is 0 Å². The lowest BCUT2D eigenvalue weighted by Gasteiger charge is -2.44. The summed E-state index contributed by atoms with van der Waals surface area (Å²) in [6.45, 7) is 0.735. The number of anilines is 1. The molecule has 0 bridgehead atoms. The summed E-state index contributed by atoms with van der Waals surface area (Å²) < 4.78 is 6.46. The molecule has 2 unspecified atom stereocenters. The zero-order valence-corrected chi connectivity index (χ0v) is 14.3. The predicted molar refractivity (Wildman–Crippen MR) is 90.1 cm³/mol. The summed E-state index contributed by atoms with van der Waals surface area (Å²) in [5.41, 5.74) is 7.15. The molecule has 3 rings (SSSR count). The lowest BCUT2D eigenvalue weighted by Crippen LogP contribution is -2.55. The molecule has 2 aliphatic rings. The third-order valence-electron chi connectivity index (χ3n) is 4.51. The first kappa shape index (κ1) is 15.1. The minimum atomic E-state index is -0.0592. The molecule has 114 valence electrons. The number of hydrogen-bond acceptors (Lipinski definition) is 4. The highest BCUT2D eigenvalue weighted by Gasteiger charge is 2.46. The van der Waals surface area contributed by atoms with Crippen LogP contribution in [-0.2, 0) is 4.74 Å². The Balaban J connectivity index is 1.97. The Morgan fingerprint density at radius 2 is 2.33 bits per heavy atom. The van der Waals surface area contributed by atoms with Crippen molar-refractivity contribution in [3.63, 3.8) is 0 Å². The van der Waals surface area contributed by atoms with Crippen molar-refractivity contribution in [2.45, 2.75) is 37.3 Å². The predicted octanol–water partition coefficient (Wildman–Crippen LogP) is 3.57. The van der Waals surface area contributed by atoms with Crippen LogP contribution in [0.1, 0.15) is 25.7 Å². The molecule has 0 radical (unpaired) electrons. The first-order valence-electron chi connectivity index (χ1n) is 7.14. The van der Waals surface area contributed by atoms with Gasteiger partial charge in [-0.2, -0.15) is 0 Å².